The fourth-order valence-electron chi connectivity index (χ4n) is 1.24. The maximum absolute atomic E-state index is 11.2. The molecule has 1 aromatic heterocycles. The van der Waals surface area contributed by atoms with Gasteiger partial charge in [0.1, 0.15) is 5.41 Å². The van der Waals surface area contributed by atoms with Crippen LogP contribution in [-0.2, 0) is 10.2 Å². The summed E-state index contributed by atoms with van der Waals surface area (Å²) in [6.07, 6.45) is 1.99. The van der Waals surface area contributed by atoms with Gasteiger partial charge in [-0.15, -0.1) is 0 Å². The van der Waals surface area contributed by atoms with Crippen LogP contribution in [0, 0.1) is 0 Å². The van der Waals surface area contributed by atoms with E-state index in [1.54, 1.807) is 26.1 Å². The van der Waals surface area contributed by atoms with Crippen molar-refractivity contribution in [1.82, 2.24) is 4.98 Å². The van der Waals surface area contributed by atoms with Crippen LogP contribution in [0.5, 0.6) is 0 Å². The van der Waals surface area contributed by atoms with Crippen molar-refractivity contribution in [2.75, 3.05) is 0 Å². The number of carboxylic acid groups (broad SMARTS) is 1. The molecular weight excluding hydrogens is 281 g/mol. The van der Waals surface area contributed by atoms with Crippen LogP contribution in [0.4, 0.5) is 0 Å². The van der Waals surface area contributed by atoms with Crippen molar-refractivity contribution in [2.24, 2.45) is 0 Å². The predicted molar refractivity (Wildman–Crippen MR) is 62.2 cm³/mol. The van der Waals surface area contributed by atoms with Gasteiger partial charge in [-0.25, -0.2) is 0 Å². The second-order valence-electron chi connectivity index (χ2n) is 3.47. The average molecular weight is 293 g/mol. The van der Waals surface area contributed by atoms with Crippen molar-refractivity contribution in [2.45, 2.75) is 25.7 Å². The smallest absolute Gasteiger partial charge is 0.315 e. The molecule has 0 saturated carbocycles. The van der Waals surface area contributed by atoms with E-state index < -0.39 is 11.4 Å². The second kappa shape index (κ2) is 4.49. The third kappa shape index (κ3) is 2.32. The van der Waals surface area contributed by atoms with Crippen molar-refractivity contribution < 1.29 is 9.90 Å². The summed E-state index contributed by atoms with van der Waals surface area (Å²) in [7, 11) is 0. The largest absolute Gasteiger partial charge is 0.481 e. The molecule has 1 rings (SSSR count). The number of nitrogens with zero attached hydrogens (tertiary/aromatic N) is 1. The molecule has 1 N–H and O–H groups in total. The molecule has 0 bridgehead atoms. The number of aromatic nitrogens is 1. The molecule has 0 fully saturated rings. The second-order valence-corrected chi connectivity index (χ2v) is 4.80. The Kier molecular flexibility index (Phi) is 3.73. The number of carboxylic acids is 1. The first-order chi connectivity index (χ1) is 6.91. The van der Waals surface area contributed by atoms with Crippen molar-refractivity contribution in [3.8, 4) is 0 Å². The summed E-state index contributed by atoms with van der Waals surface area (Å²) in [5.41, 5.74) is -0.625. The first-order valence-electron chi connectivity index (χ1n) is 4.46. The molecule has 0 aromatic carbocycles. The van der Waals surface area contributed by atoms with Crippen LogP contribution in [0.25, 0.3) is 0 Å². The Morgan fingerprint density at radius 3 is 2.73 bits per heavy atom. The highest BCUT2D eigenvalue weighted by Crippen LogP contribution is 2.32. The Morgan fingerprint density at radius 2 is 2.33 bits per heavy atom. The summed E-state index contributed by atoms with van der Waals surface area (Å²) < 4.78 is 0.736. The van der Waals surface area contributed by atoms with Crippen LogP contribution in [-0.4, -0.2) is 16.1 Å². The van der Waals surface area contributed by atoms with Gasteiger partial charge in [0.05, 0.1) is 10.7 Å². The first-order valence-corrected chi connectivity index (χ1v) is 5.64. The third-order valence-electron chi connectivity index (χ3n) is 2.51. The summed E-state index contributed by atoms with van der Waals surface area (Å²) in [6.45, 7) is 3.42. The minimum atomic E-state index is -1.03. The van der Waals surface area contributed by atoms with Crippen LogP contribution >= 0.6 is 27.5 Å². The van der Waals surface area contributed by atoms with E-state index in [1.165, 1.54) is 0 Å². The van der Waals surface area contributed by atoms with Crippen molar-refractivity contribution >= 4 is 33.5 Å². The number of pyridine rings is 1. The standard InChI is InChI=1S/C10H11BrClNO2/c1-3-10(2,9(14)15)8-7(12)4-6(11)5-13-8/h4-5H,3H2,1-2H3,(H,14,15). The molecule has 0 spiro atoms. The Hall–Kier alpha value is -0.610. The van der Waals surface area contributed by atoms with Gasteiger partial charge in [0.15, 0.2) is 0 Å². The van der Waals surface area contributed by atoms with Gasteiger partial charge < -0.3 is 5.11 Å². The van der Waals surface area contributed by atoms with Gasteiger partial charge in [-0.3, -0.25) is 9.78 Å². The van der Waals surface area contributed by atoms with Crippen LogP contribution in [0.2, 0.25) is 5.02 Å². The normalized spacial score (nSPS) is 14.7. The summed E-state index contributed by atoms with van der Waals surface area (Å²) >= 11 is 9.21. The monoisotopic (exact) mass is 291 g/mol. The van der Waals surface area contributed by atoms with Gasteiger partial charge in [-0.05, 0) is 35.3 Å². The molecule has 5 heteroatoms. The van der Waals surface area contributed by atoms with E-state index >= 15 is 0 Å². The molecule has 82 valence electrons. The number of hydrogen-bond donors (Lipinski definition) is 1. The lowest BCUT2D eigenvalue weighted by atomic mass is 9.83. The maximum Gasteiger partial charge on any atom is 0.315 e. The van der Waals surface area contributed by atoms with E-state index in [2.05, 4.69) is 20.9 Å². The van der Waals surface area contributed by atoms with Gasteiger partial charge in [0.25, 0.3) is 0 Å². The lowest BCUT2D eigenvalue weighted by Gasteiger charge is -2.23. The van der Waals surface area contributed by atoms with Crippen LogP contribution in [0.15, 0.2) is 16.7 Å². The summed E-state index contributed by atoms with van der Waals surface area (Å²) in [5.74, 6) is -0.915. The molecule has 0 amide bonds. The highest BCUT2D eigenvalue weighted by molar-refractivity contribution is 9.10. The third-order valence-corrected chi connectivity index (χ3v) is 3.23. The van der Waals surface area contributed by atoms with E-state index in [0.717, 1.165) is 4.47 Å². The summed E-state index contributed by atoms with van der Waals surface area (Å²) in [5, 5.41) is 9.54. The van der Waals surface area contributed by atoms with Gasteiger partial charge in [-0.2, -0.15) is 0 Å². The SMILES string of the molecule is CCC(C)(C(=O)O)c1ncc(Br)cc1Cl. The van der Waals surface area contributed by atoms with E-state index in [4.69, 9.17) is 16.7 Å². The summed E-state index contributed by atoms with van der Waals surface area (Å²) in [6, 6.07) is 1.65. The highest BCUT2D eigenvalue weighted by atomic mass is 79.9. The molecule has 0 aliphatic heterocycles. The topological polar surface area (TPSA) is 50.2 Å². The van der Waals surface area contributed by atoms with Gasteiger partial charge in [0, 0.05) is 10.7 Å². The van der Waals surface area contributed by atoms with Gasteiger partial charge in [-0.1, -0.05) is 18.5 Å². The summed E-state index contributed by atoms with van der Waals surface area (Å²) in [4.78, 5) is 15.3. The van der Waals surface area contributed by atoms with Crippen molar-refractivity contribution in [3.05, 3.63) is 27.5 Å². The average Bonchev–Trinajstić information content (AvgIpc) is 2.16. The Morgan fingerprint density at radius 1 is 1.73 bits per heavy atom. The molecule has 3 nitrogen and oxygen atoms in total. The number of aliphatic carboxylic acids is 1. The zero-order valence-corrected chi connectivity index (χ0v) is 10.8. The van der Waals surface area contributed by atoms with E-state index in [9.17, 15) is 4.79 Å². The zero-order valence-electron chi connectivity index (χ0n) is 8.42. The molecule has 0 aliphatic carbocycles. The van der Waals surface area contributed by atoms with Crippen molar-refractivity contribution in [1.29, 1.82) is 0 Å². The number of carbonyl (C=O) groups is 1. The van der Waals surface area contributed by atoms with E-state index in [1.807, 2.05) is 0 Å². The lowest BCUT2D eigenvalue weighted by Crippen LogP contribution is -2.32. The molecule has 0 aliphatic rings. The fourth-order valence-corrected chi connectivity index (χ4v) is 2.08. The molecular formula is C10H11BrClNO2. The van der Waals surface area contributed by atoms with E-state index in [0.29, 0.717) is 17.1 Å². The molecule has 1 heterocycles. The molecule has 15 heavy (non-hydrogen) atoms. The van der Waals surface area contributed by atoms with Crippen LogP contribution in [0.3, 0.4) is 0 Å². The molecule has 0 radical (unpaired) electrons. The number of hydrogen-bond acceptors (Lipinski definition) is 2. The maximum atomic E-state index is 11.2. The van der Waals surface area contributed by atoms with E-state index in [-0.39, 0.29) is 0 Å². The molecule has 1 unspecified atom stereocenters. The molecule has 0 saturated heterocycles. The van der Waals surface area contributed by atoms with Crippen LogP contribution in [0.1, 0.15) is 26.0 Å². The quantitative estimate of drug-likeness (QED) is 0.930. The number of halogens is 2. The zero-order chi connectivity index (χ0) is 11.6. The predicted octanol–water partition coefficient (Wildman–Crippen LogP) is 3.25. The Labute approximate surface area is 102 Å². The van der Waals surface area contributed by atoms with Crippen molar-refractivity contribution in [3.63, 3.8) is 0 Å². The number of rotatable bonds is 3. The minimum Gasteiger partial charge on any atom is -0.481 e. The minimum absolute atomic E-state index is 0.371. The Bertz CT molecular complexity index is 397. The lowest BCUT2D eigenvalue weighted by molar-refractivity contribution is -0.143. The van der Waals surface area contributed by atoms with Crippen LogP contribution < -0.4 is 0 Å². The van der Waals surface area contributed by atoms with Gasteiger partial charge >= 0.3 is 5.97 Å². The first kappa shape index (κ1) is 12.5. The highest BCUT2D eigenvalue weighted by Gasteiger charge is 2.36. The molecule has 1 atom stereocenters. The molecule has 1 aromatic rings. The van der Waals surface area contributed by atoms with Gasteiger partial charge in [0.2, 0.25) is 0 Å². The fraction of sp³-hybridized carbons (Fsp3) is 0.400. The Balaban J connectivity index is 3.30.